The molecule has 3 heterocycles. The summed E-state index contributed by atoms with van der Waals surface area (Å²) < 4.78 is 6.65. The Labute approximate surface area is 143 Å². The van der Waals surface area contributed by atoms with Gasteiger partial charge in [-0.15, -0.1) is 0 Å². The molecule has 0 aliphatic heterocycles. The monoisotopic (exact) mass is 348 g/mol. The van der Waals surface area contributed by atoms with E-state index < -0.39 is 0 Å². The summed E-state index contributed by atoms with van der Waals surface area (Å²) in [5, 5.41) is 8.34. The maximum Gasteiger partial charge on any atom is 0.276 e. The number of carbonyl (C=O) groups is 1. The highest BCUT2D eigenvalue weighted by Gasteiger charge is 2.23. The van der Waals surface area contributed by atoms with Crippen molar-refractivity contribution in [1.82, 2.24) is 29.6 Å². The SMILES string of the molecule is Cc1cnc2c(Cl)c(C(=O)N(C)Cc3noc(C(C)C)n3)nn2c1. The molecule has 1 amide bonds. The van der Waals surface area contributed by atoms with Crippen molar-refractivity contribution in [3.8, 4) is 0 Å². The maximum absolute atomic E-state index is 12.6. The Morgan fingerprint density at radius 1 is 1.46 bits per heavy atom. The van der Waals surface area contributed by atoms with Crippen LogP contribution in [0.25, 0.3) is 5.65 Å². The zero-order chi connectivity index (χ0) is 17.4. The molecule has 8 nitrogen and oxygen atoms in total. The molecule has 0 aliphatic carbocycles. The fraction of sp³-hybridized carbons (Fsp3) is 0.400. The van der Waals surface area contributed by atoms with E-state index in [-0.39, 0.29) is 29.1 Å². The Balaban J connectivity index is 1.83. The summed E-state index contributed by atoms with van der Waals surface area (Å²) in [4.78, 5) is 22.5. The summed E-state index contributed by atoms with van der Waals surface area (Å²) in [6, 6.07) is 0. The van der Waals surface area contributed by atoms with Crippen molar-refractivity contribution in [1.29, 1.82) is 0 Å². The van der Waals surface area contributed by atoms with Gasteiger partial charge in [-0.25, -0.2) is 9.50 Å². The number of amides is 1. The predicted octanol–water partition coefficient (Wildman–Crippen LogP) is 2.47. The second kappa shape index (κ2) is 6.20. The summed E-state index contributed by atoms with van der Waals surface area (Å²) >= 11 is 6.25. The van der Waals surface area contributed by atoms with Gasteiger partial charge in [-0.05, 0) is 12.5 Å². The lowest BCUT2D eigenvalue weighted by molar-refractivity contribution is 0.0774. The summed E-state index contributed by atoms with van der Waals surface area (Å²) in [7, 11) is 1.63. The highest BCUT2D eigenvalue weighted by molar-refractivity contribution is 6.36. The van der Waals surface area contributed by atoms with Gasteiger partial charge in [-0.3, -0.25) is 4.79 Å². The Bertz CT molecular complexity index is 901. The molecule has 24 heavy (non-hydrogen) atoms. The van der Waals surface area contributed by atoms with Crippen LogP contribution in [0, 0.1) is 6.92 Å². The van der Waals surface area contributed by atoms with E-state index in [2.05, 4.69) is 20.2 Å². The van der Waals surface area contributed by atoms with Gasteiger partial charge in [0.15, 0.2) is 17.2 Å². The molecule has 3 aromatic rings. The lowest BCUT2D eigenvalue weighted by Crippen LogP contribution is -2.27. The number of hydrogen-bond donors (Lipinski definition) is 0. The molecule has 3 aromatic heterocycles. The molecule has 3 rings (SSSR count). The van der Waals surface area contributed by atoms with Gasteiger partial charge in [0, 0.05) is 25.4 Å². The third kappa shape index (κ3) is 2.96. The van der Waals surface area contributed by atoms with Crippen molar-refractivity contribution < 1.29 is 9.32 Å². The van der Waals surface area contributed by atoms with Crippen molar-refractivity contribution in [3.63, 3.8) is 0 Å². The number of nitrogens with zero attached hydrogens (tertiary/aromatic N) is 6. The van der Waals surface area contributed by atoms with Gasteiger partial charge in [0.2, 0.25) is 5.89 Å². The summed E-state index contributed by atoms with van der Waals surface area (Å²) in [6.45, 7) is 6.00. The van der Waals surface area contributed by atoms with Crippen molar-refractivity contribution in [2.75, 3.05) is 7.05 Å². The quantitative estimate of drug-likeness (QED) is 0.719. The number of hydrogen-bond acceptors (Lipinski definition) is 6. The van der Waals surface area contributed by atoms with Crippen LogP contribution < -0.4 is 0 Å². The molecule has 126 valence electrons. The smallest absolute Gasteiger partial charge is 0.276 e. The lowest BCUT2D eigenvalue weighted by atomic mass is 10.2. The minimum atomic E-state index is -0.334. The fourth-order valence-electron chi connectivity index (χ4n) is 2.17. The zero-order valence-electron chi connectivity index (χ0n) is 13.8. The molecule has 0 fully saturated rings. The number of fused-ring (bicyclic) bond motifs is 1. The first-order valence-electron chi connectivity index (χ1n) is 7.45. The molecular weight excluding hydrogens is 332 g/mol. The van der Waals surface area contributed by atoms with Crippen molar-refractivity contribution in [2.45, 2.75) is 33.2 Å². The largest absolute Gasteiger partial charge is 0.339 e. The standard InChI is InChI=1S/C15H17ClN6O2/c1-8(2)14-18-10(20-24-14)7-21(4)15(23)12-11(16)13-17-5-9(3)6-22(13)19-12/h5-6,8H,7H2,1-4H3. The third-order valence-electron chi connectivity index (χ3n) is 3.45. The van der Waals surface area contributed by atoms with Crippen molar-refractivity contribution >= 4 is 23.2 Å². The van der Waals surface area contributed by atoms with Gasteiger partial charge in [0.25, 0.3) is 5.91 Å². The molecular formula is C15H17ClN6O2. The number of carbonyl (C=O) groups excluding carboxylic acids is 1. The van der Waals surface area contributed by atoms with Gasteiger partial charge >= 0.3 is 0 Å². The van der Waals surface area contributed by atoms with E-state index in [4.69, 9.17) is 16.1 Å². The molecule has 0 saturated carbocycles. The van der Waals surface area contributed by atoms with Crippen molar-refractivity contribution in [3.05, 3.63) is 40.4 Å². The minimum Gasteiger partial charge on any atom is -0.339 e. The average Bonchev–Trinajstić information content (AvgIpc) is 3.11. The van der Waals surface area contributed by atoms with Crippen LogP contribution in [-0.4, -0.2) is 42.6 Å². The number of halogens is 1. The molecule has 0 unspecified atom stereocenters. The molecule has 0 aromatic carbocycles. The lowest BCUT2D eigenvalue weighted by Gasteiger charge is -2.13. The Morgan fingerprint density at radius 3 is 2.88 bits per heavy atom. The van der Waals surface area contributed by atoms with Gasteiger partial charge in [-0.1, -0.05) is 30.6 Å². The van der Waals surface area contributed by atoms with E-state index in [0.717, 1.165) is 5.56 Å². The van der Waals surface area contributed by atoms with Gasteiger partial charge in [0.1, 0.15) is 5.02 Å². The molecule has 0 spiro atoms. The zero-order valence-corrected chi connectivity index (χ0v) is 14.6. The molecule has 0 atom stereocenters. The first-order valence-corrected chi connectivity index (χ1v) is 7.83. The van der Waals surface area contributed by atoms with E-state index in [0.29, 0.717) is 17.4 Å². The van der Waals surface area contributed by atoms with Crippen molar-refractivity contribution in [2.24, 2.45) is 0 Å². The highest BCUT2D eigenvalue weighted by Crippen LogP contribution is 2.22. The predicted molar refractivity (Wildman–Crippen MR) is 86.9 cm³/mol. The van der Waals surface area contributed by atoms with Crippen LogP contribution in [0.1, 0.15) is 47.5 Å². The molecule has 9 heteroatoms. The Kier molecular flexibility index (Phi) is 4.23. The highest BCUT2D eigenvalue weighted by atomic mass is 35.5. The van der Waals surface area contributed by atoms with Crippen LogP contribution in [-0.2, 0) is 6.54 Å². The summed E-state index contributed by atoms with van der Waals surface area (Å²) in [6.07, 6.45) is 3.44. The fourth-order valence-corrected chi connectivity index (χ4v) is 2.42. The van der Waals surface area contributed by atoms with Crippen LogP contribution in [0.15, 0.2) is 16.9 Å². The van der Waals surface area contributed by atoms with Gasteiger partial charge in [0.05, 0.1) is 6.54 Å². The van der Waals surface area contributed by atoms with Crippen LogP contribution in [0.4, 0.5) is 0 Å². The number of aryl methyl sites for hydroxylation is 1. The van der Waals surface area contributed by atoms with Gasteiger partial charge < -0.3 is 9.42 Å². The minimum absolute atomic E-state index is 0.134. The molecule has 0 radical (unpaired) electrons. The van der Waals surface area contributed by atoms with Crippen LogP contribution in [0.3, 0.4) is 0 Å². The van der Waals surface area contributed by atoms with Crippen LogP contribution in [0.5, 0.6) is 0 Å². The summed E-state index contributed by atoms with van der Waals surface area (Å²) in [5.41, 5.74) is 1.51. The van der Waals surface area contributed by atoms with Crippen LogP contribution >= 0.6 is 11.6 Å². The number of aromatic nitrogens is 5. The first-order chi connectivity index (χ1) is 11.4. The van der Waals surface area contributed by atoms with E-state index >= 15 is 0 Å². The van der Waals surface area contributed by atoms with E-state index in [1.54, 1.807) is 19.4 Å². The Morgan fingerprint density at radius 2 is 2.21 bits per heavy atom. The van der Waals surface area contributed by atoms with E-state index in [1.165, 1.54) is 9.42 Å². The number of rotatable bonds is 4. The average molecular weight is 349 g/mol. The molecule has 0 aliphatic rings. The summed E-state index contributed by atoms with van der Waals surface area (Å²) in [5.74, 6) is 0.771. The Hall–Kier alpha value is -2.48. The third-order valence-corrected chi connectivity index (χ3v) is 3.80. The first kappa shape index (κ1) is 16.4. The second-order valence-corrected chi connectivity index (χ2v) is 6.30. The molecule has 0 bridgehead atoms. The normalized spacial score (nSPS) is 11.4. The topological polar surface area (TPSA) is 89.4 Å². The van der Waals surface area contributed by atoms with E-state index in [1.807, 2.05) is 20.8 Å². The molecule has 0 saturated heterocycles. The van der Waals surface area contributed by atoms with E-state index in [9.17, 15) is 4.79 Å². The van der Waals surface area contributed by atoms with Crippen LogP contribution in [0.2, 0.25) is 5.02 Å². The maximum atomic E-state index is 12.6. The van der Waals surface area contributed by atoms with Gasteiger partial charge in [-0.2, -0.15) is 10.1 Å². The second-order valence-electron chi connectivity index (χ2n) is 5.93. The molecule has 0 N–H and O–H groups in total.